The molecule has 4 atom stereocenters. The summed E-state index contributed by atoms with van der Waals surface area (Å²) in [6, 6.07) is 13.1. The topological polar surface area (TPSA) is 188 Å². The molecule has 204 valence electrons. The van der Waals surface area contributed by atoms with Crippen LogP contribution in [0.25, 0.3) is 0 Å². The molecule has 0 spiro atoms. The van der Waals surface area contributed by atoms with Crippen LogP contribution < -0.4 is 21.7 Å². The normalized spacial score (nSPS) is 13.8. The first kappa shape index (κ1) is 30.3. The second kappa shape index (κ2) is 15.4. The minimum absolute atomic E-state index is 0.0183. The first-order valence-electron chi connectivity index (χ1n) is 11.9. The van der Waals surface area contributed by atoms with Crippen LogP contribution >= 0.6 is 12.6 Å². The fraction of sp³-hybridized carbons (Fsp3) is 0.346. The molecule has 2 aromatic carbocycles. The van der Waals surface area contributed by atoms with Gasteiger partial charge in [0, 0.05) is 18.6 Å². The predicted octanol–water partition coefficient (Wildman–Crippen LogP) is 0.133. The Bertz CT molecular complexity index is 1100. The van der Waals surface area contributed by atoms with Gasteiger partial charge in [-0.25, -0.2) is 4.79 Å². The van der Waals surface area contributed by atoms with E-state index in [-0.39, 0.29) is 25.0 Å². The highest BCUT2D eigenvalue weighted by atomic mass is 32.1. The van der Waals surface area contributed by atoms with Crippen molar-refractivity contribution in [2.45, 2.75) is 49.9 Å². The van der Waals surface area contributed by atoms with Gasteiger partial charge in [-0.3, -0.25) is 19.2 Å². The van der Waals surface area contributed by atoms with E-state index in [1.165, 1.54) is 0 Å². The van der Waals surface area contributed by atoms with Gasteiger partial charge in [0.1, 0.15) is 18.1 Å². The summed E-state index contributed by atoms with van der Waals surface area (Å²) in [7, 11) is 0. The van der Waals surface area contributed by atoms with Crippen LogP contribution in [0.3, 0.4) is 0 Å². The molecule has 0 aliphatic heterocycles. The van der Waals surface area contributed by atoms with Crippen LogP contribution in [0.5, 0.6) is 0 Å². The van der Waals surface area contributed by atoms with Gasteiger partial charge in [0.05, 0.1) is 6.04 Å². The van der Waals surface area contributed by atoms with Gasteiger partial charge in [0.25, 0.3) is 0 Å². The number of nitrogens with one attached hydrogen (secondary N) is 3. The van der Waals surface area contributed by atoms with Gasteiger partial charge < -0.3 is 31.9 Å². The summed E-state index contributed by atoms with van der Waals surface area (Å²) in [5.41, 5.74) is 7.53. The Kier molecular flexibility index (Phi) is 12.3. The summed E-state index contributed by atoms with van der Waals surface area (Å²) >= 11 is 4.15. The molecule has 12 heteroatoms. The molecule has 0 aliphatic carbocycles. The highest BCUT2D eigenvalue weighted by molar-refractivity contribution is 7.80. The quantitative estimate of drug-likeness (QED) is 0.154. The highest BCUT2D eigenvalue weighted by Gasteiger charge is 2.30. The lowest BCUT2D eigenvalue weighted by Crippen LogP contribution is -2.58. The zero-order valence-electron chi connectivity index (χ0n) is 20.6. The van der Waals surface area contributed by atoms with E-state index >= 15 is 0 Å². The molecule has 0 radical (unpaired) electrons. The smallest absolute Gasteiger partial charge is 0.326 e. The number of thiol groups is 1. The van der Waals surface area contributed by atoms with Crippen LogP contribution in [0.15, 0.2) is 60.7 Å². The molecule has 0 aliphatic rings. The lowest BCUT2D eigenvalue weighted by molar-refractivity contribution is -0.143. The molecular formula is C26H32N4O7S. The second-order valence-electron chi connectivity index (χ2n) is 8.62. The number of carbonyl (C=O) groups excluding carboxylic acids is 3. The largest absolute Gasteiger partial charge is 0.481 e. The Hall–Kier alpha value is -3.90. The monoisotopic (exact) mass is 544 g/mol. The van der Waals surface area contributed by atoms with Crippen molar-refractivity contribution in [3.63, 3.8) is 0 Å². The van der Waals surface area contributed by atoms with Gasteiger partial charge in [-0.1, -0.05) is 60.7 Å². The van der Waals surface area contributed by atoms with Crippen molar-refractivity contribution in [1.29, 1.82) is 0 Å². The fourth-order valence-electron chi connectivity index (χ4n) is 3.56. The zero-order valence-corrected chi connectivity index (χ0v) is 21.5. The molecule has 0 heterocycles. The summed E-state index contributed by atoms with van der Waals surface area (Å²) in [5, 5.41) is 25.7. The number of amides is 3. The molecule has 2 rings (SSSR count). The Labute approximate surface area is 225 Å². The molecule has 3 amide bonds. The molecule has 2 aromatic rings. The zero-order chi connectivity index (χ0) is 28.1. The molecular weight excluding hydrogens is 512 g/mol. The van der Waals surface area contributed by atoms with Gasteiger partial charge in [0.2, 0.25) is 17.7 Å². The molecule has 7 N–H and O–H groups in total. The molecule has 38 heavy (non-hydrogen) atoms. The standard InChI is InChI=1S/C26H32N4O7S/c27-18(13-16-7-3-1-4-8-16)23(33)30-21(15-38)25(35)29-20(14-17-9-5-2-6-10-17)24(34)28-19(26(36)37)11-12-22(31)32/h1-10,18-21,38H,11-15,27H2,(H,28,34)(H,29,35)(H,30,33)(H,31,32)(H,36,37). The van der Waals surface area contributed by atoms with Gasteiger partial charge in [-0.15, -0.1) is 0 Å². The Balaban J connectivity index is 2.12. The van der Waals surface area contributed by atoms with E-state index in [2.05, 4.69) is 28.6 Å². The van der Waals surface area contributed by atoms with E-state index in [0.29, 0.717) is 5.56 Å². The average molecular weight is 545 g/mol. The van der Waals surface area contributed by atoms with Crippen molar-refractivity contribution in [3.8, 4) is 0 Å². The number of nitrogens with two attached hydrogens (primary N) is 1. The Morgan fingerprint density at radius 3 is 1.68 bits per heavy atom. The van der Waals surface area contributed by atoms with Crippen LogP contribution in [-0.2, 0) is 36.8 Å². The van der Waals surface area contributed by atoms with Crippen molar-refractivity contribution in [2.24, 2.45) is 5.73 Å². The number of aliphatic carboxylic acids is 2. The van der Waals surface area contributed by atoms with E-state index < -0.39 is 60.2 Å². The van der Waals surface area contributed by atoms with Crippen molar-refractivity contribution >= 4 is 42.3 Å². The molecule has 0 aromatic heterocycles. The van der Waals surface area contributed by atoms with E-state index in [1.54, 1.807) is 30.3 Å². The third-order valence-corrected chi connectivity index (χ3v) is 5.99. The fourth-order valence-corrected chi connectivity index (χ4v) is 3.82. The Morgan fingerprint density at radius 1 is 0.711 bits per heavy atom. The van der Waals surface area contributed by atoms with Crippen LogP contribution in [0.1, 0.15) is 24.0 Å². The first-order valence-corrected chi connectivity index (χ1v) is 12.5. The third kappa shape index (κ3) is 10.2. The van der Waals surface area contributed by atoms with Crippen molar-refractivity contribution in [1.82, 2.24) is 16.0 Å². The average Bonchev–Trinajstić information content (AvgIpc) is 2.89. The molecule has 0 fully saturated rings. The van der Waals surface area contributed by atoms with E-state index in [9.17, 15) is 29.1 Å². The van der Waals surface area contributed by atoms with Crippen LogP contribution in [0.4, 0.5) is 0 Å². The number of carbonyl (C=O) groups is 5. The summed E-state index contributed by atoms with van der Waals surface area (Å²) in [6.45, 7) is 0. The van der Waals surface area contributed by atoms with Gasteiger partial charge in [0.15, 0.2) is 0 Å². The summed E-state index contributed by atoms with van der Waals surface area (Å²) in [5.74, 6) is -4.81. The second-order valence-corrected chi connectivity index (χ2v) is 8.99. The number of carboxylic acid groups (broad SMARTS) is 2. The molecule has 11 nitrogen and oxygen atoms in total. The van der Waals surface area contributed by atoms with Crippen molar-refractivity contribution < 1.29 is 34.2 Å². The third-order valence-electron chi connectivity index (χ3n) is 5.63. The number of hydrogen-bond donors (Lipinski definition) is 7. The summed E-state index contributed by atoms with van der Waals surface area (Å²) < 4.78 is 0. The minimum atomic E-state index is -1.47. The number of benzene rings is 2. The molecule has 0 saturated heterocycles. The van der Waals surface area contributed by atoms with Crippen LogP contribution in [0.2, 0.25) is 0 Å². The minimum Gasteiger partial charge on any atom is -0.481 e. The Morgan fingerprint density at radius 2 is 1.18 bits per heavy atom. The van der Waals surface area contributed by atoms with Crippen molar-refractivity contribution in [3.05, 3.63) is 71.8 Å². The van der Waals surface area contributed by atoms with Gasteiger partial charge in [-0.05, 0) is 24.0 Å². The maximum atomic E-state index is 13.0. The van der Waals surface area contributed by atoms with Crippen molar-refractivity contribution in [2.75, 3.05) is 5.75 Å². The maximum Gasteiger partial charge on any atom is 0.326 e. The highest BCUT2D eigenvalue weighted by Crippen LogP contribution is 2.07. The van der Waals surface area contributed by atoms with Crippen LogP contribution in [0, 0.1) is 0 Å². The summed E-state index contributed by atoms with van der Waals surface area (Å²) in [6.07, 6.45) is -0.537. The van der Waals surface area contributed by atoms with E-state index in [1.807, 2.05) is 30.3 Å². The number of carboxylic acids is 2. The van der Waals surface area contributed by atoms with E-state index in [0.717, 1.165) is 5.56 Å². The predicted molar refractivity (Wildman–Crippen MR) is 142 cm³/mol. The first-order chi connectivity index (χ1) is 18.1. The van der Waals surface area contributed by atoms with Gasteiger partial charge in [-0.2, -0.15) is 12.6 Å². The lowest BCUT2D eigenvalue weighted by Gasteiger charge is -2.24. The number of rotatable bonds is 15. The maximum absolute atomic E-state index is 13.0. The lowest BCUT2D eigenvalue weighted by atomic mass is 10.0. The van der Waals surface area contributed by atoms with Gasteiger partial charge >= 0.3 is 11.9 Å². The van der Waals surface area contributed by atoms with E-state index in [4.69, 9.17) is 10.8 Å². The number of hydrogen-bond acceptors (Lipinski definition) is 7. The SMILES string of the molecule is NC(Cc1ccccc1)C(=O)NC(CS)C(=O)NC(Cc1ccccc1)C(=O)NC(CCC(=O)O)C(=O)O. The van der Waals surface area contributed by atoms with Crippen LogP contribution in [-0.4, -0.2) is 69.8 Å². The molecule has 0 saturated carbocycles. The summed E-state index contributed by atoms with van der Waals surface area (Å²) in [4.78, 5) is 61.1. The molecule has 4 unspecified atom stereocenters. The molecule has 0 bridgehead atoms.